The molecule has 1 aliphatic heterocycles. The number of benzene rings is 2. The minimum absolute atomic E-state index is 0.125. The molecule has 0 saturated heterocycles. The monoisotopic (exact) mass is 285 g/mol. The van der Waals surface area contributed by atoms with E-state index in [0.717, 1.165) is 18.4 Å². The van der Waals surface area contributed by atoms with Gasteiger partial charge in [-0.15, -0.1) is 0 Å². The second-order valence-electron chi connectivity index (χ2n) is 5.07. The number of carbonyl (C=O) groups excluding carboxylic acids is 1. The molecule has 0 radical (unpaired) electrons. The molecule has 1 aliphatic rings. The molecule has 0 atom stereocenters. The molecule has 0 N–H and O–H groups in total. The highest BCUT2D eigenvalue weighted by atomic mass is 19.1. The number of amides is 1. The van der Waals surface area contributed by atoms with Gasteiger partial charge in [0.25, 0.3) is 5.91 Å². The lowest BCUT2D eigenvalue weighted by molar-refractivity contribution is 0.0984. The molecule has 3 nitrogen and oxygen atoms in total. The van der Waals surface area contributed by atoms with Gasteiger partial charge in [-0.25, -0.2) is 4.39 Å². The summed E-state index contributed by atoms with van der Waals surface area (Å²) < 4.78 is 18.6. The summed E-state index contributed by atoms with van der Waals surface area (Å²) >= 11 is 0. The summed E-state index contributed by atoms with van der Waals surface area (Å²) in [5.74, 6) is 0.192. The van der Waals surface area contributed by atoms with Crippen molar-refractivity contribution in [3.05, 3.63) is 59.4 Å². The van der Waals surface area contributed by atoms with E-state index in [1.807, 2.05) is 0 Å². The Labute approximate surface area is 123 Å². The fourth-order valence-corrected chi connectivity index (χ4v) is 2.67. The Bertz CT molecular complexity index is 684. The summed E-state index contributed by atoms with van der Waals surface area (Å²) in [7, 11) is 1.56. The molecule has 2 aromatic rings. The molecule has 0 unspecified atom stereocenters. The first-order valence-corrected chi connectivity index (χ1v) is 6.93. The minimum atomic E-state index is -0.320. The molecule has 0 saturated carbocycles. The maximum absolute atomic E-state index is 13.5. The highest BCUT2D eigenvalue weighted by Gasteiger charge is 2.24. The van der Waals surface area contributed by atoms with Crippen molar-refractivity contribution in [3.63, 3.8) is 0 Å². The topological polar surface area (TPSA) is 29.5 Å². The Kier molecular flexibility index (Phi) is 3.60. The standard InChI is InChI=1S/C17H16FNO2/c1-21-15-6-2-4-13(10-15)17(20)19-9-3-5-12-7-8-14(18)11-16(12)19/h2,4,6-8,10-11H,3,5,9H2,1H3. The lowest BCUT2D eigenvalue weighted by Gasteiger charge is -2.29. The van der Waals surface area contributed by atoms with Gasteiger partial charge in [0.2, 0.25) is 0 Å². The number of carbonyl (C=O) groups is 1. The average Bonchev–Trinajstić information content (AvgIpc) is 2.53. The number of anilines is 1. The van der Waals surface area contributed by atoms with E-state index < -0.39 is 0 Å². The van der Waals surface area contributed by atoms with Crippen LogP contribution in [0.1, 0.15) is 22.3 Å². The van der Waals surface area contributed by atoms with Gasteiger partial charge in [-0.2, -0.15) is 0 Å². The summed E-state index contributed by atoms with van der Waals surface area (Å²) in [6.07, 6.45) is 1.76. The number of aryl methyl sites for hydroxylation is 1. The highest BCUT2D eigenvalue weighted by molar-refractivity contribution is 6.07. The summed E-state index contributed by atoms with van der Waals surface area (Å²) in [6.45, 7) is 0.604. The van der Waals surface area contributed by atoms with E-state index in [1.54, 1.807) is 42.3 Å². The van der Waals surface area contributed by atoms with Crippen LogP contribution in [-0.2, 0) is 6.42 Å². The van der Waals surface area contributed by atoms with Crippen LogP contribution in [0, 0.1) is 5.82 Å². The molecule has 0 bridgehead atoms. The Morgan fingerprint density at radius 2 is 2.10 bits per heavy atom. The number of nitrogens with zero attached hydrogens (tertiary/aromatic N) is 1. The molecule has 0 aliphatic carbocycles. The largest absolute Gasteiger partial charge is 0.497 e. The second kappa shape index (κ2) is 5.56. The zero-order valence-electron chi connectivity index (χ0n) is 11.8. The van der Waals surface area contributed by atoms with E-state index in [4.69, 9.17) is 4.74 Å². The third-order valence-corrected chi connectivity index (χ3v) is 3.73. The SMILES string of the molecule is COc1cccc(C(=O)N2CCCc3ccc(F)cc32)c1. The van der Waals surface area contributed by atoms with Gasteiger partial charge in [-0.3, -0.25) is 4.79 Å². The molecule has 21 heavy (non-hydrogen) atoms. The quantitative estimate of drug-likeness (QED) is 0.846. The zero-order valence-corrected chi connectivity index (χ0v) is 11.8. The van der Waals surface area contributed by atoms with Crippen LogP contribution in [0.5, 0.6) is 5.75 Å². The van der Waals surface area contributed by atoms with Crippen LogP contribution in [0.2, 0.25) is 0 Å². The predicted molar refractivity (Wildman–Crippen MR) is 79.4 cm³/mol. The van der Waals surface area contributed by atoms with Gasteiger partial charge in [0.05, 0.1) is 12.8 Å². The number of hydrogen-bond donors (Lipinski definition) is 0. The van der Waals surface area contributed by atoms with Crippen molar-refractivity contribution in [1.29, 1.82) is 0 Å². The lowest BCUT2D eigenvalue weighted by atomic mass is 10.0. The molecule has 3 rings (SSSR count). The summed E-state index contributed by atoms with van der Waals surface area (Å²) in [5.41, 5.74) is 2.24. The smallest absolute Gasteiger partial charge is 0.258 e. The van der Waals surface area contributed by atoms with Crippen LogP contribution in [0.15, 0.2) is 42.5 Å². The third-order valence-electron chi connectivity index (χ3n) is 3.73. The average molecular weight is 285 g/mol. The molecular weight excluding hydrogens is 269 g/mol. The van der Waals surface area contributed by atoms with Crippen molar-refractivity contribution in [1.82, 2.24) is 0 Å². The van der Waals surface area contributed by atoms with Crippen molar-refractivity contribution in [3.8, 4) is 5.75 Å². The number of halogens is 1. The van der Waals surface area contributed by atoms with E-state index in [-0.39, 0.29) is 11.7 Å². The van der Waals surface area contributed by atoms with E-state index in [1.165, 1.54) is 12.1 Å². The summed E-state index contributed by atoms with van der Waals surface area (Å²) in [5, 5.41) is 0. The Balaban J connectivity index is 1.97. The van der Waals surface area contributed by atoms with E-state index in [2.05, 4.69) is 0 Å². The van der Waals surface area contributed by atoms with Gasteiger partial charge in [-0.05, 0) is 48.7 Å². The van der Waals surface area contributed by atoms with Crippen LogP contribution >= 0.6 is 0 Å². The van der Waals surface area contributed by atoms with Crippen molar-refractivity contribution in [2.45, 2.75) is 12.8 Å². The Morgan fingerprint density at radius 1 is 1.24 bits per heavy atom. The normalized spacial score (nSPS) is 13.7. The first-order chi connectivity index (χ1) is 10.2. The fourth-order valence-electron chi connectivity index (χ4n) is 2.67. The molecule has 4 heteroatoms. The maximum Gasteiger partial charge on any atom is 0.258 e. The molecule has 2 aromatic carbocycles. The van der Waals surface area contributed by atoms with Crippen molar-refractivity contribution >= 4 is 11.6 Å². The first kappa shape index (κ1) is 13.6. The number of hydrogen-bond acceptors (Lipinski definition) is 2. The lowest BCUT2D eigenvalue weighted by Crippen LogP contribution is -2.35. The van der Waals surface area contributed by atoms with Crippen molar-refractivity contribution in [2.75, 3.05) is 18.6 Å². The van der Waals surface area contributed by atoms with Crippen molar-refractivity contribution in [2.24, 2.45) is 0 Å². The van der Waals surface area contributed by atoms with Crippen LogP contribution in [-0.4, -0.2) is 19.6 Å². The summed E-state index contributed by atoms with van der Waals surface area (Å²) in [4.78, 5) is 14.3. The van der Waals surface area contributed by atoms with Crippen LogP contribution < -0.4 is 9.64 Å². The maximum atomic E-state index is 13.5. The van der Waals surface area contributed by atoms with Gasteiger partial charge in [0, 0.05) is 12.1 Å². The van der Waals surface area contributed by atoms with Gasteiger partial charge in [0.1, 0.15) is 11.6 Å². The fraction of sp³-hybridized carbons (Fsp3) is 0.235. The molecule has 0 spiro atoms. The van der Waals surface area contributed by atoms with Gasteiger partial charge in [-0.1, -0.05) is 12.1 Å². The molecule has 0 fully saturated rings. The van der Waals surface area contributed by atoms with E-state index in [0.29, 0.717) is 23.5 Å². The van der Waals surface area contributed by atoms with Crippen LogP contribution in [0.4, 0.5) is 10.1 Å². The minimum Gasteiger partial charge on any atom is -0.497 e. The number of fused-ring (bicyclic) bond motifs is 1. The number of rotatable bonds is 2. The second-order valence-corrected chi connectivity index (χ2v) is 5.07. The first-order valence-electron chi connectivity index (χ1n) is 6.93. The van der Waals surface area contributed by atoms with Gasteiger partial charge >= 0.3 is 0 Å². The van der Waals surface area contributed by atoms with Gasteiger partial charge in [0.15, 0.2) is 0 Å². The van der Waals surface area contributed by atoms with E-state index in [9.17, 15) is 9.18 Å². The molecule has 1 amide bonds. The zero-order chi connectivity index (χ0) is 14.8. The number of methoxy groups -OCH3 is 1. The molecule has 0 aromatic heterocycles. The molecular formula is C17H16FNO2. The van der Waals surface area contributed by atoms with Gasteiger partial charge < -0.3 is 9.64 Å². The Hall–Kier alpha value is -2.36. The Morgan fingerprint density at radius 3 is 2.90 bits per heavy atom. The number of ether oxygens (including phenoxy) is 1. The van der Waals surface area contributed by atoms with Crippen LogP contribution in [0.3, 0.4) is 0 Å². The highest BCUT2D eigenvalue weighted by Crippen LogP contribution is 2.29. The van der Waals surface area contributed by atoms with E-state index >= 15 is 0 Å². The third kappa shape index (κ3) is 2.61. The predicted octanol–water partition coefficient (Wildman–Crippen LogP) is 3.43. The van der Waals surface area contributed by atoms with Crippen LogP contribution in [0.25, 0.3) is 0 Å². The van der Waals surface area contributed by atoms with Crippen molar-refractivity contribution < 1.29 is 13.9 Å². The molecule has 1 heterocycles. The molecule has 108 valence electrons. The summed E-state index contributed by atoms with van der Waals surface area (Å²) in [6, 6.07) is 11.7.